The van der Waals surface area contributed by atoms with Gasteiger partial charge in [-0.2, -0.15) is 0 Å². The molecule has 120 valence electrons. The minimum Gasteiger partial charge on any atom is -0.342 e. The normalized spacial score (nSPS) is 15.9. The second-order valence-corrected chi connectivity index (χ2v) is 5.29. The summed E-state index contributed by atoms with van der Waals surface area (Å²) in [5.74, 6) is -4.73. The maximum atomic E-state index is 13.6. The fourth-order valence-electron chi connectivity index (χ4n) is 2.64. The monoisotopic (exact) mass is 314 g/mol. The van der Waals surface area contributed by atoms with Crippen molar-refractivity contribution in [3.63, 3.8) is 0 Å². The van der Waals surface area contributed by atoms with Crippen LogP contribution in [0, 0.1) is 23.4 Å². The standard InChI is InChI=1S/C15H17F3N2O2/c1-19-8-13(21)20-4-2-9(3-5-20)15(22)14-11(17)6-10(16)7-12(14)18/h6-7,9,19H,2-5,8H2,1H3. The molecule has 0 aliphatic carbocycles. The molecule has 1 amide bonds. The van der Waals surface area contributed by atoms with Crippen molar-refractivity contribution in [1.82, 2.24) is 10.2 Å². The summed E-state index contributed by atoms with van der Waals surface area (Å²) in [6.07, 6.45) is 0.676. The van der Waals surface area contributed by atoms with Crippen LogP contribution in [0.4, 0.5) is 13.2 Å². The predicted molar refractivity (Wildman–Crippen MR) is 73.9 cm³/mol. The Balaban J connectivity index is 2.06. The molecule has 0 bridgehead atoms. The van der Waals surface area contributed by atoms with Crippen molar-refractivity contribution in [1.29, 1.82) is 0 Å². The fraction of sp³-hybridized carbons (Fsp3) is 0.467. The molecular weight excluding hydrogens is 297 g/mol. The quantitative estimate of drug-likeness (QED) is 0.861. The molecule has 4 nitrogen and oxygen atoms in total. The highest BCUT2D eigenvalue weighted by atomic mass is 19.1. The van der Waals surface area contributed by atoms with Gasteiger partial charge in [-0.25, -0.2) is 13.2 Å². The maximum Gasteiger partial charge on any atom is 0.236 e. The summed E-state index contributed by atoms with van der Waals surface area (Å²) in [6.45, 7) is 0.933. The van der Waals surface area contributed by atoms with Gasteiger partial charge >= 0.3 is 0 Å². The molecule has 0 unspecified atom stereocenters. The van der Waals surface area contributed by atoms with Crippen LogP contribution >= 0.6 is 0 Å². The fourth-order valence-corrected chi connectivity index (χ4v) is 2.64. The number of nitrogens with zero attached hydrogens (tertiary/aromatic N) is 1. The summed E-state index contributed by atoms with van der Waals surface area (Å²) in [5, 5.41) is 2.75. The first-order valence-corrected chi connectivity index (χ1v) is 7.05. The number of halogens is 3. The number of piperidine rings is 1. The van der Waals surface area contributed by atoms with Crippen LogP contribution in [0.1, 0.15) is 23.2 Å². The Morgan fingerprint density at radius 1 is 1.18 bits per heavy atom. The highest BCUT2D eigenvalue weighted by Gasteiger charge is 2.31. The largest absolute Gasteiger partial charge is 0.342 e. The predicted octanol–water partition coefficient (Wildman–Crippen LogP) is 1.74. The zero-order valence-electron chi connectivity index (χ0n) is 12.2. The van der Waals surface area contributed by atoms with E-state index in [9.17, 15) is 22.8 Å². The van der Waals surface area contributed by atoms with E-state index >= 15 is 0 Å². The number of rotatable bonds is 4. The van der Waals surface area contributed by atoms with E-state index in [1.54, 1.807) is 11.9 Å². The summed E-state index contributed by atoms with van der Waals surface area (Å²) in [7, 11) is 1.66. The van der Waals surface area contributed by atoms with Crippen LogP contribution in [0.2, 0.25) is 0 Å². The molecular formula is C15H17F3N2O2. The highest BCUT2D eigenvalue weighted by molar-refractivity contribution is 5.98. The van der Waals surface area contributed by atoms with Crippen molar-refractivity contribution in [2.24, 2.45) is 5.92 Å². The molecule has 7 heteroatoms. The van der Waals surface area contributed by atoms with E-state index in [0.717, 1.165) is 0 Å². The van der Waals surface area contributed by atoms with Crippen LogP contribution in [0.25, 0.3) is 0 Å². The molecule has 22 heavy (non-hydrogen) atoms. The maximum absolute atomic E-state index is 13.6. The summed E-state index contributed by atoms with van der Waals surface area (Å²) in [4.78, 5) is 25.6. The van der Waals surface area contributed by atoms with Crippen molar-refractivity contribution < 1.29 is 22.8 Å². The van der Waals surface area contributed by atoms with E-state index in [1.807, 2.05) is 0 Å². The number of carbonyl (C=O) groups is 2. The Bertz CT molecular complexity index is 561. The summed E-state index contributed by atoms with van der Waals surface area (Å²) >= 11 is 0. The van der Waals surface area contributed by atoms with E-state index in [-0.39, 0.29) is 12.5 Å². The van der Waals surface area contributed by atoms with Gasteiger partial charge in [0.1, 0.15) is 17.5 Å². The first kappa shape index (κ1) is 16.5. The molecule has 1 aromatic carbocycles. The van der Waals surface area contributed by atoms with Crippen LogP contribution in [-0.2, 0) is 4.79 Å². The molecule has 0 aromatic heterocycles. The lowest BCUT2D eigenvalue weighted by Gasteiger charge is -2.31. The van der Waals surface area contributed by atoms with Gasteiger partial charge in [0.15, 0.2) is 5.78 Å². The third-order valence-electron chi connectivity index (χ3n) is 3.80. The Labute approximate surface area is 126 Å². The molecule has 1 aromatic rings. The van der Waals surface area contributed by atoms with Gasteiger partial charge in [0.2, 0.25) is 5.91 Å². The van der Waals surface area contributed by atoms with Gasteiger partial charge in [0.05, 0.1) is 12.1 Å². The molecule has 1 saturated heterocycles. The number of ketones is 1. The molecule has 1 aliphatic heterocycles. The van der Waals surface area contributed by atoms with E-state index in [0.29, 0.717) is 38.1 Å². The van der Waals surface area contributed by atoms with E-state index in [2.05, 4.69) is 5.32 Å². The molecule has 1 N–H and O–H groups in total. The molecule has 0 saturated carbocycles. The number of hydrogen-bond donors (Lipinski definition) is 1. The highest BCUT2D eigenvalue weighted by Crippen LogP contribution is 2.25. The Hall–Kier alpha value is -1.89. The van der Waals surface area contributed by atoms with Crippen LogP contribution in [0.3, 0.4) is 0 Å². The SMILES string of the molecule is CNCC(=O)N1CCC(C(=O)c2c(F)cc(F)cc2F)CC1. The third-order valence-corrected chi connectivity index (χ3v) is 3.80. The van der Waals surface area contributed by atoms with Crippen molar-refractivity contribution in [3.05, 3.63) is 35.1 Å². The minimum atomic E-state index is -1.18. The lowest BCUT2D eigenvalue weighted by atomic mass is 9.88. The first-order valence-electron chi connectivity index (χ1n) is 7.05. The minimum absolute atomic E-state index is 0.0763. The summed E-state index contributed by atoms with van der Waals surface area (Å²) in [6, 6.07) is 1.00. The zero-order chi connectivity index (χ0) is 16.3. The first-order chi connectivity index (χ1) is 10.4. The molecule has 0 atom stereocenters. The lowest BCUT2D eigenvalue weighted by Crippen LogP contribution is -2.43. The van der Waals surface area contributed by atoms with Gasteiger partial charge in [-0.3, -0.25) is 9.59 Å². The van der Waals surface area contributed by atoms with Gasteiger partial charge in [0.25, 0.3) is 0 Å². The second-order valence-electron chi connectivity index (χ2n) is 5.29. The van der Waals surface area contributed by atoms with Gasteiger partial charge in [0, 0.05) is 31.1 Å². The van der Waals surface area contributed by atoms with Gasteiger partial charge < -0.3 is 10.2 Å². The number of hydrogen-bond acceptors (Lipinski definition) is 3. The van der Waals surface area contributed by atoms with E-state index in [1.165, 1.54) is 0 Å². The smallest absolute Gasteiger partial charge is 0.236 e. The number of amides is 1. The second kappa shape index (κ2) is 6.91. The number of nitrogens with one attached hydrogen (secondary N) is 1. The van der Waals surface area contributed by atoms with Crippen molar-refractivity contribution >= 4 is 11.7 Å². The molecule has 1 aliphatic rings. The topological polar surface area (TPSA) is 49.4 Å². The van der Waals surface area contributed by atoms with E-state index in [4.69, 9.17) is 0 Å². The molecule has 1 heterocycles. The average molecular weight is 314 g/mol. The third kappa shape index (κ3) is 3.47. The van der Waals surface area contributed by atoms with Gasteiger partial charge in [-0.15, -0.1) is 0 Å². The molecule has 0 radical (unpaired) electrons. The van der Waals surface area contributed by atoms with Crippen molar-refractivity contribution in [3.8, 4) is 0 Å². The summed E-state index contributed by atoms with van der Waals surface area (Å²) < 4.78 is 40.2. The van der Waals surface area contributed by atoms with Crippen LogP contribution in [0.15, 0.2) is 12.1 Å². The Kier molecular flexibility index (Phi) is 5.18. The molecule has 0 spiro atoms. The Morgan fingerprint density at radius 3 is 2.23 bits per heavy atom. The zero-order valence-corrected chi connectivity index (χ0v) is 12.2. The number of Topliss-reactive ketones (excluding diaryl/α,β-unsaturated/α-hetero) is 1. The number of likely N-dealkylation sites (tertiary alicyclic amines) is 1. The number of benzene rings is 1. The molecule has 2 rings (SSSR count). The van der Waals surface area contributed by atoms with Crippen molar-refractivity contribution in [2.75, 3.05) is 26.7 Å². The summed E-state index contributed by atoms with van der Waals surface area (Å²) in [5.41, 5.74) is -0.693. The van der Waals surface area contributed by atoms with E-state index < -0.39 is 34.7 Å². The van der Waals surface area contributed by atoms with Crippen LogP contribution < -0.4 is 5.32 Å². The number of carbonyl (C=O) groups excluding carboxylic acids is 2. The van der Waals surface area contributed by atoms with Gasteiger partial charge in [-0.05, 0) is 19.9 Å². The Morgan fingerprint density at radius 2 is 1.73 bits per heavy atom. The van der Waals surface area contributed by atoms with Gasteiger partial charge in [-0.1, -0.05) is 0 Å². The number of likely N-dealkylation sites (N-methyl/N-ethyl adjacent to an activating group) is 1. The van der Waals surface area contributed by atoms with Crippen LogP contribution in [0.5, 0.6) is 0 Å². The van der Waals surface area contributed by atoms with Crippen molar-refractivity contribution in [2.45, 2.75) is 12.8 Å². The molecule has 1 fully saturated rings. The average Bonchev–Trinajstić information content (AvgIpc) is 2.46. The van der Waals surface area contributed by atoms with Crippen LogP contribution in [-0.4, -0.2) is 43.3 Å². The lowest BCUT2D eigenvalue weighted by molar-refractivity contribution is -0.131.